The number of ether oxygens (including phenoxy) is 1. The molecule has 0 bridgehead atoms. The fourth-order valence-electron chi connectivity index (χ4n) is 4.04. The number of piperazine rings is 1. The van der Waals surface area contributed by atoms with Gasteiger partial charge < -0.3 is 15.0 Å². The van der Waals surface area contributed by atoms with E-state index in [-0.39, 0.29) is 11.6 Å². The molecule has 5 rings (SSSR count). The molecule has 0 spiro atoms. The maximum absolute atomic E-state index is 15.2. The zero-order valence-electron chi connectivity index (χ0n) is 16.8. The van der Waals surface area contributed by atoms with Gasteiger partial charge in [0.2, 0.25) is 11.6 Å². The topological polar surface area (TPSA) is 82.2 Å². The second kappa shape index (κ2) is 7.90. The van der Waals surface area contributed by atoms with Crippen LogP contribution in [0.4, 0.5) is 35.0 Å². The summed E-state index contributed by atoms with van der Waals surface area (Å²) in [5.74, 6) is -2.58. The molecule has 1 saturated carbocycles. The minimum atomic E-state index is -4.80. The first kappa shape index (κ1) is 20.4. The lowest BCUT2D eigenvalue weighted by Gasteiger charge is -2.42. The first-order valence-electron chi connectivity index (χ1n) is 10.4. The van der Waals surface area contributed by atoms with E-state index in [1.807, 2.05) is 0 Å². The number of halogens is 4. The summed E-state index contributed by atoms with van der Waals surface area (Å²) in [5, 5.41) is 9.54. The molecule has 0 unspecified atom stereocenters. The van der Waals surface area contributed by atoms with Gasteiger partial charge in [-0.1, -0.05) is 6.42 Å². The summed E-state index contributed by atoms with van der Waals surface area (Å²) in [5.41, 5.74) is 0.885. The van der Waals surface area contributed by atoms with Gasteiger partial charge in [0.1, 0.15) is 0 Å². The number of H-pyrrole nitrogens is 1. The zero-order chi connectivity index (χ0) is 21.6. The molecule has 0 amide bonds. The van der Waals surface area contributed by atoms with Crippen molar-refractivity contribution in [2.24, 2.45) is 0 Å². The maximum Gasteiger partial charge on any atom is 0.451 e. The lowest BCUT2D eigenvalue weighted by atomic mass is 9.83. The third kappa shape index (κ3) is 4.05. The van der Waals surface area contributed by atoms with Gasteiger partial charge in [0.15, 0.2) is 17.5 Å². The Hall–Kier alpha value is -2.47. The van der Waals surface area contributed by atoms with Crippen molar-refractivity contribution in [2.75, 3.05) is 49.6 Å². The monoisotopic (exact) mass is 441 g/mol. The number of rotatable bonds is 5. The van der Waals surface area contributed by atoms with Crippen molar-refractivity contribution in [1.29, 1.82) is 0 Å². The fourth-order valence-corrected chi connectivity index (χ4v) is 4.04. The average molecular weight is 441 g/mol. The Morgan fingerprint density at radius 2 is 1.84 bits per heavy atom. The van der Waals surface area contributed by atoms with Gasteiger partial charge in [0.25, 0.3) is 0 Å². The molecular weight excluding hydrogens is 418 g/mol. The Morgan fingerprint density at radius 1 is 1.10 bits per heavy atom. The Morgan fingerprint density at radius 3 is 2.42 bits per heavy atom. The molecule has 0 radical (unpaired) electrons. The van der Waals surface area contributed by atoms with E-state index in [1.54, 1.807) is 6.07 Å². The lowest BCUT2D eigenvalue weighted by molar-refractivity contribution is -0.144. The Kier molecular flexibility index (Phi) is 5.21. The normalized spacial score (nSPS) is 21.1. The van der Waals surface area contributed by atoms with Crippen molar-refractivity contribution >= 4 is 17.5 Å². The molecule has 0 atom stereocenters. The van der Waals surface area contributed by atoms with Gasteiger partial charge in [-0.15, -0.1) is 0 Å². The summed E-state index contributed by atoms with van der Waals surface area (Å²) < 4.78 is 60.7. The number of nitrogens with one attached hydrogen (secondary N) is 2. The molecule has 12 heteroatoms. The minimum Gasteiger partial charge on any atom is -0.378 e. The Labute approximate surface area is 176 Å². The van der Waals surface area contributed by atoms with Crippen molar-refractivity contribution in [2.45, 2.75) is 37.4 Å². The molecule has 2 N–H and O–H groups in total. The van der Waals surface area contributed by atoms with E-state index in [0.29, 0.717) is 51.4 Å². The van der Waals surface area contributed by atoms with E-state index >= 15 is 4.39 Å². The van der Waals surface area contributed by atoms with E-state index in [9.17, 15) is 13.2 Å². The molecule has 2 aromatic heterocycles. The first-order valence-corrected chi connectivity index (χ1v) is 10.4. The van der Waals surface area contributed by atoms with Gasteiger partial charge in [-0.2, -0.15) is 22.7 Å². The smallest absolute Gasteiger partial charge is 0.378 e. The third-order valence-corrected chi connectivity index (χ3v) is 6.23. The number of nitrogens with zero attached hydrogens (tertiary/aromatic N) is 5. The quantitative estimate of drug-likeness (QED) is 0.691. The molecule has 2 saturated heterocycles. The van der Waals surface area contributed by atoms with Gasteiger partial charge >= 0.3 is 6.18 Å². The summed E-state index contributed by atoms with van der Waals surface area (Å²) in [4.78, 5) is 10.7. The summed E-state index contributed by atoms with van der Waals surface area (Å²) >= 11 is 0. The molecule has 8 nitrogen and oxygen atoms in total. The van der Waals surface area contributed by atoms with E-state index < -0.39 is 23.6 Å². The van der Waals surface area contributed by atoms with Crippen LogP contribution in [0.1, 0.15) is 36.7 Å². The van der Waals surface area contributed by atoms with E-state index in [2.05, 4.69) is 30.4 Å². The predicted octanol–water partition coefficient (Wildman–Crippen LogP) is 2.89. The van der Waals surface area contributed by atoms with Crippen LogP contribution in [-0.4, -0.2) is 70.5 Å². The molecule has 0 aromatic carbocycles. The van der Waals surface area contributed by atoms with Crippen molar-refractivity contribution in [3.8, 4) is 0 Å². The SMILES string of the molecule is Fc1c(Nc2cc(C3CCC3)[nH]n2)nc(C(F)(F)F)nc1N1CCN(C2COC2)CC1. The van der Waals surface area contributed by atoms with Gasteiger partial charge in [-0.05, 0) is 12.8 Å². The highest BCUT2D eigenvalue weighted by Gasteiger charge is 2.38. The summed E-state index contributed by atoms with van der Waals surface area (Å²) in [6.07, 6.45) is -1.60. The first-order chi connectivity index (χ1) is 14.9. The van der Waals surface area contributed by atoms with Crippen LogP contribution in [-0.2, 0) is 10.9 Å². The van der Waals surface area contributed by atoms with Crippen LogP contribution < -0.4 is 10.2 Å². The van der Waals surface area contributed by atoms with E-state index in [1.165, 1.54) is 4.90 Å². The number of hydrogen-bond acceptors (Lipinski definition) is 7. The minimum absolute atomic E-state index is 0.230. The molecule has 2 aliphatic heterocycles. The van der Waals surface area contributed by atoms with Crippen molar-refractivity contribution < 1.29 is 22.3 Å². The highest BCUT2D eigenvalue weighted by atomic mass is 19.4. The molecule has 4 heterocycles. The molecule has 3 aliphatic rings. The van der Waals surface area contributed by atoms with Crippen LogP contribution in [0.3, 0.4) is 0 Å². The standard InChI is InChI=1S/C19H23F4N7O/c20-15-16(24-14-8-13(27-28-14)11-2-1-3-11)25-18(19(21,22)23)26-17(15)30-6-4-29(5-7-30)12-9-31-10-12/h8,11-12H,1-7,9-10H2,(H2,24,25,26,27,28). The van der Waals surface area contributed by atoms with Crippen molar-refractivity contribution in [1.82, 2.24) is 25.1 Å². The average Bonchev–Trinajstić information content (AvgIpc) is 3.08. The molecule has 2 aromatic rings. The second-order valence-electron chi connectivity index (χ2n) is 8.21. The highest BCUT2D eigenvalue weighted by molar-refractivity contribution is 5.59. The van der Waals surface area contributed by atoms with Crippen molar-refractivity contribution in [3.63, 3.8) is 0 Å². The van der Waals surface area contributed by atoms with Crippen LogP contribution in [0.5, 0.6) is 0 Å². The molecular formula is C19H23F4N7O. The molecule has 1 aliphatic carbocycles. The fraction of sp³-hybridized carbons (Fsp3) is 0.632. The highest BCUT2D eigenvalue weighted by Crippen LogP contribution is 2.37. The molecule has 168 valence electrons. The zero-order valence-corrected chi connectivity index (χ0v) is 16.8. The van der Waals surface area contributed by atoms with Gasteiger partial charge in [0, 0.05) is 43.9 Å². The van der Waals surface area contributed by atoms with Crippen LogP contribution in [0.25, 0.3) is 0 Å². The summed E-state index contributed by atoms with van der Waals surface area (Å²) in [6, 6.07) is 2.02. The number of anilines is 3. The Balaban J connectivity index is 1.39. The Bertz CT molecular complexity index is 934. The van der Waals surface area contributed by atoms with Crippen LogP contribution in [0.2, 0.25) is 0 Å². The van der Waals surface area contributed by atoms with Gasteiger partial charge in [0.05, 0.1) is 19.3 Å². The number of aromatic amines is 1. The number of alkyl halides is 3. The summed E-state index contributed by atoms with van der Waals surface area (Å²) in [6.45, 7) is 3.25. The van der Waals surface area contributed by atoms with E-state index in [0.717, 1.165) is 25.0 Å². The van der Waals surface area contributed by atoms with Crippen LogP contribution >= 0.6 is 0 Å². The predicted molar refractivity (Wildman–Crippen MR) is 104 cm³/mol. The van der Waals surface area contributed by atoms with Gasteiger partial charge in [-0.3, -0.25) is 10.00 Å². The summed E-state index contributed by atoms with van der Waals surface area (Å²) in [7, 11) is 0. The number of hydrogen-bond donors (Lipinski definition) is 2. The second-order valence-corrected chi connectivity index (χ2v) is 8.21. The molecule has 3 fully saturated rings. The van der Waals surface area contributed by atoms with Gasteiger partial charge in [-0.25, -0.2) is 9.97 Å². The largest absolute Gasteiger partial charge is 0.451 e. The van der Waals surface area contributed by atoms with E-state index in [4.69, 9.17) is 4.74 Å². The van der Waals surface area contributed by atoms with Crippen LogP contribution in [0, 0.1) is 5.82 Å². The lowest BCUT2D eigenvalue weighted by Crippen LogP contribution is -2.56. The van der Waals surface area contributed by atoms with Crippen LogP contribution in [0.15, 0.2) is 6.07 Å². The maximum atomic E-state index is 15.2. The molecule has 31 heavy (non-hydrogen) atoms. The number of aromatic nitrogens is 4. The van der Waals surface area contributed by atoms with Crippen molar-refractivity contribution in [3.05, 3.63) is 23.4 Å². The third-order valence-electron chi connectivity index (χ3n) is 6.23.